The fourth-order valence-electron chi connectivity index (χ4n) is 8.68. The molecular formula is C58H110O6. The molecule has 0 bridgehead atoms. The molecule has 0 aromatic carbocycles. The van der Waals surface area contributed by atoms with Crippen LogP contribution in [0.3, 0.4) is 0 Å². The van der Waals surface area contributed by atoms with E-state index in [2.05, 4.69) is 32.9 Å². The van der Waals surface area contributed by atoms with Crippen molar-refractivity contribution >= 4 is 17.9 Å². The van der Waals surface area contributed by atoms with Gasteiger partial charge in [0.15, 0.2) is 6.10 Å². The SMILES string of the molecule is CCCCCCCCC/C=C\CCCCCCCC(=O)OC(COC(=O)CCCCCCCCCCCCCC)COC(=O)CCCCCCCCCCCCCCCCCCCC. The third kappa shape index (κ3) is 51.1. The standard InChI is InChI=1S/C58H110O6/c1-4-7-10-13-16-19-22-25-27-29-30-32-33-36-39-42-45-48-51-57(60)63-54-55(53-62-56(59)50-47-44-41-38-35-24-21-18-15-12-9-6-3)64-58(61)52-49-46-43-40-37-34-31-28-26-23-20-17-14-11-8-5-2/h28,31,55H,4-27,29-30,32-54H2,1-3H3/b31-28-. The number of allylic oxidation sites excluding steroid dienone is 2. The van der Waals surface area contributed by atoms with Gasteiger partial charge < -0.3 is 14.2 Å². The van der Waals surface area contributed by atoms with Crippen molar-refractivity contribution in [3.05, 3.63) is 12.2 Å². The predicted octanol–water partition coefficient (Wildman–Crippen LogP) is 18.9. The lowest BCUT2D eigenvalue weighted by Crippen LogP contribution is -2.30. The molecule has 0 saturated heterocycles. The van der Waals surface area contributed by atoms with Gasteiger partial charge in [-0.25, -0.2) is 0 Å². The molecular weight excluding hydrogens is 793 g/mol. The van der Waals surface area contributed by atoms with Gasteiger partial charge in [-0.05, 0) is 44.9 Å². The largest absolute Gasteiger partial charge is 0.462 e. The summed E-state index contributed by atoms with van der Waals surface area (Å²) in [6, 6.07) is 0. The maximum Gasteiger partial charge on any atom is 0.306 e. The molecule has 0 spiro atoms. The molecule has 0 aliphatic rings. The van der Waals surface area contributed by atoms with Gasteiger partial charge in [0.2, 0.25) is 0 Å². The summed E-state index contributed by atoms with van der Waals surface area (Å²) >= 11 is 0. The number of carbonyl (C=O) groups excluding carboxylic acids is 3. The average molecular weight is 904 g/mol. The second kappa shape index (κ2) is 53.8. The quantitative estimate of drug-likeness (QED) is 0.0262. The third-order valence-corrected chi connectivity index (χ3v) is 13.0. The Balaban J connectivity index is 4.30. The van der Waals surface area contributed by atoms with E-state index < -0.39 is 6.10 Å². The van der Waals surface area contributed by atoms with Crippen LogP contribution in [0.4, 0.5) is 0 Å². The Morgan fingerprint density at radius 1 is 0.297 bits per heavy atom. The zero-order valence-electron chi connectivity index (χ0n) is 43.3. The first kappa shape index (κ1) is 62.1. The van der Waals surface area contributed by atoms with Crippen LogP contribution in [0.1, 0.15) is 323 Å². The minimum Gasteiger partial charge on any atom is -0.462 e. The highest BCUT2D eigenvalue weighted by Crippen LogP contribution is 2.17. The Morgan fingerprint density at radius 3 is 0.781 bits per heavy atom. The van der Waals surface area contributed by atoms with E-state index in [1.54, 1.807) is 0 Å². The van der Waals surface area contributed by atoms with E-state index in [-0.39, 0.29) is 31.1 Å². The van der Waals surface area contributed by atoms with Crippen molar-refractivity contribution in [2.45, 2.75) is 329 Å². The topological polar surface area (TPSA) is 78.9 Å². The van der Waals surface area contributed by atoms with E-state index in [1.807, 2.05) is 0 Å². The van der Waals surface area contributed by atoms with Crippen LogP contribution in [0.15, 0.2) is 12.2 Å². The second-order valence-corrected chi connectivity index (χ2v) is 19.6. The van der Waals surface area contributed by atoms with E-state index in [1.165, 1.54) is 218 Å². The van der Waals surface area contributed by atoms with E-state index >= 15 is 0 Å². The Hall–Kier alpha value is -1.85. The van der Waals surface area contributed by atoms with Crippen molar-refractivity contribution in [2.24, 2.45) is 0 Å². The fraction of sp³-hybridized carbons (Fsp3) is 0.914. The van der Waals surface area contributed by atoms with Crippen LogP contribution in [-0.4, -0.2) is 37.2 Å². The summed E-state index contributed by atoms with van der Waals surface area (Å²) < 4.78 is 16.9. The van der Waals surface area contributed by atoms with Crippen LogP contribution in [0.5, 0.6) is 0 Å². The number of unbranched alkanes of at least 4 members (excludes halogenated alkanes) is 40. The van der Waals surface area contributed by atoms with Crippen molar-refractivity contribution in [1.82, 2.24) is 0 Å². The van der Waals surface area contributed by atoms with E-state index in [9.17, 15) is 14.4 Å². The molecule has 64 heavy (non-hydrogen) atoms. The van der Waals surface area contributed by atoms with Gasteiger partial charge >= 0.3 is 17.9 Å². The Morgan fingerprint density at radius 2 is 0.516 bits per heavy atom. The highest BCUT2D eigenvalue weighted by Gasteiger charge is 2.19. The van der Waals surface area contributed by atoms with Gasteiger partial charge in [-0.15, -0.1) is 0 Å². The first-order chi connectivity index (χ1) is 31.5. The van der Waals surface area contributed by atoms with Crippen molar-refractivity contribution in [1.29, 1.82) is 0 Å². The molecule has 0 aliphatic carbocycles. The number of esters is 3. The highest BCUT2D eigenvalue weighted by atomic mass is 16.6. The van der Waals surface area contributed by atoms with Gasteiger partial charge in [-0.3, -0.25) is 14.4 Å². The molecule has 0 saturated carbocycles. The first-order valence-electron chi connectivity index (χ1n) is 28.7. The minimum atomic E-state index is -0.768. The summed E-state index contributed by atoms with van der Waals surface area (Å²) in [4.78, 5) is 38.1. The van der Waals surface area contributed by atoms with Gasteiger partial charge in [0, 0.05) is 19.3 Å². The number of hydrogen-bond acceptors (Lipinski definition) is 6. The third-order valence-electron chi connectivity index (χ3n) is 13.0. The summed E-state index contributed by atoms with van der Waals surface area (Å²) in [6.45, 7) is 6.68. The lowest BCUT2D eigenvalue weighted by Gasteiger charge is -2.18. The van der Waals surface area contributed by atoms with Crippen LogP contribution in [0, 0.1) is 0 Å². The molecule has 0 aliphatic heterocycles. The molecule has 0 aromatic heterocycles. The summed E-state index contributed by atoms with van der Waals surface area (Å²) in [6.07, 6.45) is 60.6. The van der Waals surface area contributed by atoms with Gasteiger partial charge in [-0.2, -0.15) is 0 Å². The summed E-state index contributed by atoms with van der Waals surface area (Å²) in [5, 5.41) is 0. The number of ether oxygens (including phenoxy) is 3. The van der Waals surface area contributed by atoms with E-state index in [0.29, 0.717) is 19.3 Å². The highest BCUT2D eigenvalue weighted by molar-refractivity contribution is 5.71. The molecule has 6 heteroatoms. The van der Waals surface area contributed by atoms with Gasteiger partial charge in [0.25, 0.3) is 0 Å². The monoisotopic (exact) mass is 903 g/mol. The van der Waals surface area contributed by atoms with Crippen LogP contribution in [-0.2, 0) is 28.6 Å². The summed E-state index contributed by atoms with van der Waals surface area (Å²) in [5.41, 5.74) is 0. The Bertz CT molecular complexity index is 993. The van der Waals surface area contributed by atoms with E-state index in [0.717, 1.165) is 64.2 Å². The lowest BCUT2D eigenvalue weighted by atomic mass is 10.0. The van der Waals surface area contributed by atoms with Crippen LogP contribution < -0.4 is 0 Å². The summed E-state index contributed by atoms with van der Waals surface area (Å²) in [5.74, 6) is -0.853. The van der Waals surface area contributed by atoms with Gasteiger partial charge in [0.1, 0.15) is 13.2 Å². The zero-order chi connectivity index (χ0) is 46.5. The van der Waals surface area contributed by atoms with Crippen molar-refractivity contribution in [3.8, 4) is 0 Å². The molecule has 1 unspecified atom stereocenters. The molecule has 0 N–H and O–H groups in total. The smallest absolute Gasteiger partial charge is 0.306 e. The molecule has 0 radical (unpaired) electrons. The molecule has 0 rings (SSSR count). The Labute approximate surface area is 399 Å². The first-order valence-corrected chi connectivity index (χ1v) is 28.7. The van der Waals surface area contributed by atoms with Crippen LogP contribution in [0.2, 0.25) is 0 Å². The molecule has 0 amide bonds. The maximum absolute atomic E-state index is 12.8. The van der Waals surface area contributed by atoms with Crippen molar-refractivity contribution in [3.63, 3.8) is 0 Å². The molecule has 0 fully saturated rings. The second-order valence-electron chi connectivity index (χ2n) is 19.6. The fourth-order valence-corrected chi connectivity index (χ4v) is 8.68. The maximum atomic E-state index is 12.8. The molecule has 0 heterocycles. The zero-order valence-corrected chi connectivity index (χ0v) is 43.3. The van der Waals surface area contributed by atoms with Crippen molar-refractivity contribution in [2.75, 3.05) is 13.2 Å². The van der Waals surface area contributed by atoms with E-state index in [4.69, 9.17) is 14.2 Å². The molecule has 0 aromatic rings. The average Bonchev–Trinajstić information content (AvgIpc) is 3.29. The molecule has 6 nitrogen and oxygen atoms in total. The number of hydrogen-bond donors (Lipinski definition) is 0. The molecule has 378 valence electrons. The minimum absolute atomic E-state index is 0.0675. The normalized spacial score (nSPS) is 12.0. The lowest BCUT2D eigenvalue weighted by molar-refractivity contribution is -0.167. The van der Waals surface area contributed by atoms with Gasteiger partial charge in [0.05, 0.1) is 0 Å². The van der Waals surface area contributed by atoms with Crippen LogP contribution in [0.25, 0.3) is 0 Å². The number of carbonyl (C=O) groups is 3. The summed E-state index contributed by atoms with van der Waals surface area (Å²) in [7, 11) is 0. The Kier molecular flexibility index (Phi) is 52.2. The van der Waals surface area contributed by atoms with Gasteiger partial charge in [-0.1, -0.05) is 270 Å². The van der Waals surface area contributed by atoms with Crippen molar-refractivity contribution < 1.29 is 28.6 Å². The molecule has 1 atom stereocenters. The predicted molar refractivity (Wildman–Crippen MR) is 275 cm³/mol. The number of rotatable bonds is 53. The van der Waals surface area contributed by atoms with Crippen LogP contribution >= 0.6 is 0 Å².